The second kappa shape index (κ2) is 7.51. The van der Waals surface area contributed by atoms with E-state index >= 15 is 0 Å². The molecule has 1 aromatic heterocycles. The first kappa shape index (κ1) is 18.2. The van der Waals surface area contributed by atoms with E-state index in [-0.39, 0.29) is 5.91 Å². The molecular formula is C23H32N4O. The van der Waals surface area contributed by atoms with E-state index in [1.165, 1.54) is 61.8 Å². The molecule has 2 heterocycles. The van der Waals surface area contributed by atoms with E-state index in [9.17, 15) is 4.79 Å². The van der Waals surface area contributed by atoms with Crippen molar-refractivity contribution in [1.82, 2.24) is 15.7 Å². The van der Waals surface area contributed by atoms with Gasteiger partial charge >= 0.3 is 0 Å². The van der Waals surface area contributed by atoms with Crippen LogP contribution in [-0.4, -0.2) is 29.2 Å². The SMILES string of the molecule is Cc1[nH]c(C=C2C(=O)NN=C2C2CC2)c(C2CC2)c1CCCCNC1CCC1. The van der Waals surface area contributed by atoms with E-state index in [1.807, 2.05) is 0 Å². The van der Waals surface area contributed by atoms with Crippen molar-refractivity contribution in [2.45, 2.75) is 83.1 Å². The Balaban J connectivity index is 1.30. The van der Waals surface area contributed by atoms with Gasteiger partial charge in [-0.3, -0.25) is 4.79 Å². The predicted molar refractivity (Wildman–Crippen MR) is 112 cm³/mol. The number of nitrogens with zero attached hydrogens (tertiary/aromatic N) is 1. The van der Waals surface area contributed by atoms with Gasteiger partial charge in [-0.2, -0.15) is 5.10 Å². The molecule has 3 aliphatic carbocycles. The zero-order valence-corrected chi connectivity index (χ0v) is 16.9. The molecule has 150 valence electrons. The van der Waals surface area contributed by atoms with Crippen molar-refractivity contribution in [1.29, 1.82) is 0 Å². The Morgan fingerprint density at radius 2 is 1.89 bits per heavy atom. The van der Waals surface area contributed by atoms with Crippen LogP contribution in [0.4, 0.5) is 0 Å². The highest BCUT2D eigenvalue weighted by Crippen LogP contribution is 2.45. The first-order valence-corrected chi connectivity index (χ1v) is 11.3. The number of nitrogens with one attached hydrogen (secondary N) is 3. The molecule has 3 fully saturated rings. The molecule has 3 N–H and O–H groups in total. The molecule has 1 aliphatic heterocycles. The number of unbranched alkanes of at least 4 members (excludes halogenated alkanes) is 1. The number of aromatic nitrogens is 1. The van der Waals surface area contributed by atoms with Gasteiger partial charge in [0, 0.05) is 23.3 Å². The minimum Gasteiger partial charge on any atom is -0.359 e. The Morgan fingerprint density at radius 3 is 2.57 bits per heavy atom. The quantitative estimate of drug-likeness (QED) is 0.448. The minimum absolute atomic E-state index is 0.0421. The maximum atomic E-state index is 12.3. The Hall–Kier alpha value is -1.88. The van der Waals surface area contributed by atoms with Crippen molar-refractivity contribution in [3.8, 4) is 0 Å². The largest absolute Gasteiger partial charge is 0.359 e. The lowest BCUT2D eigenvalue weighted by Crippen LogP contribution is -2.35. The van der Waals surface area contributed by atoms with Crippen LogP contribution in [0.25, 0.3) is 6.08 Å². The molecule has 0 spiro atoms. The molecule has 0 aromatic carbocycles. The van der Waals surface area contributed by atoms with Crippen LogP contribution in [0.5, 0.6) is 0 Å². The van der Waals surface area contributed by atoms with E-state index in [2.05, 4.69) is 33.8 Å². The number of amides is 1. The van der Waals surface area contributed by atoms with Crippen LogP contribution in [-0.2, 0) is 11.2 Å². The number of aromatic amines is 1. The molecule has 0 unspecified atom stereocenters. The molecule has 28 heavy (non-hydrogen) atoms. The lowest BCUT2D eigenvalue weighted by atomic mass is 9.93. The average molecular weight is 381 g/mol. The van der Waals surface area contributed by atoms with Gasteiger partial charge in [0.25, 0.3) is 5.91 Å². The number of carbonyl (C=O) groups excluding carboxylic acids is 1. The number of hydrogen-bond acceptors (Lipinski definition) is 3. The van der Waals surface area contributed by atoms with Gasteiger partial charge in [-0.15, -0.1) is 0 Å². The highest BCUT2D eigenvalue weighted by atomic mass is 16.2. The summed E-state index contributed by atoms with van der Waals surface area (Å²) in [7, 11) is 0. The van der Waals surface area contributed by atoms with Crippen LogP contribution in [0, 0.1) is 12.8 Å². The van der Waals surface area contributed by atoms with Crippen LogP contribution in [0.1, 0.15) is 86.2 Å². The minimum atomic E-state index is -0.0421. The molecule has 0 radical (unpaired) electrons. The standard InChI is InChI=1S/C23H32N4O/c1-14-18(7-2-3-12-24-17-5-4-6-17)21(15-8-9-15)20(25-14)13-19-22(16-10-11-16)26-27-23(19)28/h13,15-17,24-25H,2-12H2,1H3,(H,27,28). The molecule has 3 saturated carbocycles. The monoisotopic (exact) mass is 380 g/mol. The summed E-state index contributed by atoms with van der Waals surface area (Å²) in [6.07, 6.45) is 14.7. The van der Waals surface area contributed by atoms with Crippen LogP contribution >= 0.6 is 0 Å². The molecule has 0 saturated heterocycles. The Kier molecular flexibility index (Phi) is 4.87. The summed E-state index contributed by atoms with van der Waals surface area (Å²) in [6.45, 7) is 3.34. The maximum absolute atomic E-state index is 12.3. The number of hydrazone groups is 1. The number of aryl methyl sites for hydroxylation is 1. The van der Waals surface area contributed by atoms with Gasteiger partial charge in [-0.05, 0) is 94.4 Å². The molecule has 0 bridgehead atoms. The van der Waals surface area contributed by atoms with Gasteiger partial charge in [0.05, 0.1) is 11.3 Å². The molecule has 5 rings (SSSR count). The molecule has 4 aliphatic rings. The first-order valence-electron chi connectivity index (χ1n) is 11.3. The summed E-state index contributed by atoms with van der Waals surface area (Å²) in [5.41, 5.74) is 9.84. The highest BCUT2D eigenvalue weighted by molar-refractivity contribution is 6.28. The summed E-state index contributed by atoms with van der Waals surface area (Å²) in [4.78, 5) is 15.9. The molecule has 0 atom stereocenters. The van der Waals surface area contributed by atoms with E-state index in [0.717, 1.165) is 48.8 Å². The van der Waals surface area contributed by atoms with Crippen LogP contribution in [0.2, 0.25) is 0 Å². The maximum Gasteiger partial charge on any atom is 0.273 e. The lowest BCUT2D eigenvalue weighted by molar-refractivity contribution is -0.116. The second-order valence-electron chi connectivity index (χ2n) is 9.14. The van der Waals surface area contributed by atoms with E-state index < -0.39 is 0 Å². The second-order valence-corrected chi connectivity index (χ2v) is 9.14. The van der Waals surface area contributed by atoms with Crippen molar-refractivity contribution in [2.75, 3.05) is 6.54 Å². The molecule has 1 aromatic rings. The summed E-state index contributed by atoms with van der Waals surface area (Å²) in [5.74, 6) is 1.11. The van der Waals surface area contributed by atoms with Gasteiger partial charge in [-0.1, -0.05) is 6.42 Å². The fraction of sp³-hybridized carbons (Fsp3) is 0.652. The molecule has 5 nitrogen and oxygen atoms in total. The number of H-pyrrole nitrogens is 1. The number of hydrogen-bond donors (Lipinski definition) is 3. The lowest BCUT2D eigenvalue weighted by Gasteiger charge is -2.26. The fourth-order valence-electron chi connectivity index (χ4n) is 4.63. The predicted octanol–water partition coefficient (Wildman–Crippen LogP) is 3.94. The third-order valence-electron chi connectivity index (χ3n) is 6.82. The van der Waals surface area contributed by atoms with Crippen molar-refractivity contribution in [3.63, 3.8) is 0 Å². The van der Waals surface area contributed by atoms with Crippen LogP contribution in [0.3, 0.4) is 0 Å². The summed E-state index contributed by atoms with van der Waals surface area (Å²) in [6, 6.07) is 0.786. The molecule has 1 amide bonds. The van der Waals surface area contributed by atoms with E-state index in [0.29, 0.717) is 11.8 Å². The van der Waals surface area contributed by atoms with E-state index in [1.54, 1.807) is 0 Å². The fourth-order valence-corrected chi connectivity index (χ4v) is 4.63. The van der Waals surface area contributed by atoms with Gasteiger partial charge in [-0.25, -0.2) is 5.43 Å². The van der Waals surface area contributed by atoms with E-state index in [4.69, 9.17) is 0 Å². The normalized spacial score (nSPS) is 23.8. The number of rotatable bonds is 9. The smallest absolute Gasteiger partial charge is 0.273 e. The highest BCUT2D eigenvalue weighted by Gasteiger charge is 2.37. The Labute approximate surface area is 167 Å². The van der Waals surface area contributed by atoms with Gasteiger partial charge < -0.3 is 10.3 Å². The van der Waals surface area contributed by atoms with Crippen molar-refractivity contribution in [2.24, 2.45) is 11.0 Å². The summed E-state index contributed by atoms with van der Waals surface area (Å²) < 4.78 is 0. The zero-order valence-electron chi connectivity index (χ0n) is 16.9. The number of carbonyl (C=O) groups is 1. The van der Waals surface area contributed by atoms with Gasteiger partial charge in [0.15, 0.2) is 0 Å². The third-order valence-corrected chi connectivity index (χ3v) is 6.82. The van der Waals surface area contributed by atoms with Crippen LogP contribution in [0.15, 0.2) is 10.7 Å². The van der Waals surface area contributed by atoms with Gasteiger partial charge in [0.2, 0.25) is 0 Å². The summed E-state index contributed by atoms with van der Waals surface area (Å²) in [5, 5.41) is 7.97. The topological polar surface area (TPSA) is 69.3 Å². The first-order chi connectivity index (χ1) is 13.7. The molecule has 5 heteroatoms. The Bertz CT molecular complexity index is 822. The zero-order chi connectivity index (χ0) is 19.1. The van der Waals surface area contributed by atoms with Crippen molar-refractivity contribution >= 4 is 17.7 Å². The molecular weight excluding hydrogens is 348 g/mol. The van der Waals surface area contributed by atoms with Crippen molar-refractivity contribution in [3.05, 3.63) is 28.1 Å². The summed E-state index contributed by atoms with van der Waals surface area (Å²) >= 11 is 0. The van der Waals surface area contributed by atoms with Crippen LogP contribution < -0.4 is 10.7 Å². The Morgan fingerprint density at radius 1 is 1.11 bits per heavy atom. The average Bonchev–Trinajstić information content (AvgIpc) is 3.55. The van der Waals surface area contributed by atoms with Gasteiger partial charge in [0.1, 0.15) is 0 Å². The third kappa shape index (κ3) is 3.69. The van der Waals surface area contributed by atoms with Crippen molar-refractivity contribution < 1.29 is 4.79 Å².